The molecule has 0 aliphatic rings. The highest BCUT2D eigenvalue weighted by atomic mass is 32.1. The lowest BCUT2D eigenvalue weighted by Crippen LogP contribution is -2.05. The minimum absolute atomic E-state index is 1.12. The lowest BCUT2D eigenvalue weighted by molar-refractivity contribution is 0.507. The summed E-state index contributed by atoms with van der Waals surface area (Å²) in [6.45, 7) is 3.39. The van der Waals surface area contributed by atoms with Crippen molar-refractivity contribution in [1.82, 2.24) is 4.31 Å². The van der Waals surface area contributed by atoms with E-state index in [-0.39, 0.29) is 0 Å². The fourth-order valence-electron chi connectivity index (χ4n) is 1.47. The van der Waals surface area contributed by atoms with Crippen LogP contribution in [-0.2, 0) is 0 Å². The summed E-state index contributed by atoms with van der Waals surface area (Å²) in [5, 5.41) is 0. The van der Waals surface area contributed by atoms with Crippen LogP contribution in [0.2, 0.25) is 0 Å². The Hall–Kier alpha value is 0.310. The molecule has 0 N–H and O–H groups in total. The summed E-state index contributed by atoms with van der Waals surface area (Å²) in [6.07, 6.45) is 11.1. The number of rotatable bonds is 9. The van der Waals surface area contributed by atoms with Crippen molar-refractivity contribution < 1.29 is 0 Å². The van der Waals surface area contributed by atoms with E-state index in [0.717, 1.165) is 6.54 Å². The minimum atomic E-state index is 1.12. The molecule has 0 saturated heterocycles. The standard InChI is InChI=1S/C11H25NS/c1-3-4-5-6-7-8-9-10-11-12(2)13/h13H,3-11H2,1-2H3. The highest BCUT2D eigenvalue weighted by Gasteiger charge is 1.92. The minimum Gasteiger partial charge on any atom is -0.256 e. The highest BCUT2D eigenvalue weighted by molar-refractivity contribution is 7.77. The van der Waals surface area contributed by atoms with Crippen molar-refractivity contribution >= 4 is 12.8 Å². The van der Waals surface area contributed by atoms with Crippen molar-refractivity contribution in [3.8, 4) is 0 Å². The van der Waals surface area contributed by atoms with Gasteiger partial charge in [0.05, 0.1) is 0 Å². The van der Waals surface area contributed by atoms with Crippen LogP contribution in [0.15, 0.2) is 0 Å². The molecule has 0 saturated carbocycles. The van der Waals surface area contributed by atoms with Gasteiger partial charge in [0.2, 0.25) is 0 Å². The third-order valence-corrected chi connectivity index (χ3v) is 2.54. The molecule has 2 heteroatoms. The highest BCUT2D eigenvalue weighted by Crippen LogP contribution is 2.08. The van der Waals surface area contributed by atoms with Gasteiger partial charge in [0, 0.05) is 6.54 Å². The van der Waals surface area contributed by atoms with Crippen molar-refractivity contribution in [1.29, 1.82) is 0 Å². The monoisotopic (exact) mass is 203 g/mol. The molecule has 0 unspecified atom stereocenters. The predicted octanol–water partition coefficient (Wildman–Crippen LogP) is 3.90. The van der Waals surface area contributed by atoms with Gasteiger partial charge in [-0.15, -0.1) is 0 Å². The molecule has 0 aromatic heterocycles. The SMILES string of the molecule is CCCCCCCCCCN(C)S. The molecule has 0 aromatic carbocycles. The zero-order valence-corrected chi connectivity index (χ0v) is 10.2. The van der Waals surface area contributed by atoms with E-state index in [1.165, 1.54) is 51.4 Å². The molecule has 1 nitrogen and oxygen atoms in total. The van der Waals surface area contributed by atoms with Crippen LogP contribution < -0.4 is 0 Å². The number of thiol groups is 1. The normalized spacial score (nSPS) is 11.1. The van der Waals surface area contributed by atoms with Crippen molar-refractivity contribution in [2.45, 2.75) is 58.3 Å². The van der Waals surface area contributed by atoms with Gasteiger partial charge in [0.15, 0.2) is 0 Å². The Morgan fingerprint density at radius 1 is 0.846 bits per heavy atom. The summed E-state index contributed by atoms with van der Waals surface area (Å²) in [4.78, 5) is 0. The van der Waals surface area contributed by atoms with Gasteiger partial charge in [-0.05, 0) is 13.5 Å². The molecule has 0 rings (SSSR count). The lowest BCUT2D eigenvalue weighted by Gasteiger charge is -2.07. The molecular weight excluding hydrogens is 178 g/mol. The quantitative estimate of drug-likeness (QED) is 0.439. The number of unbranched alkanes of at least 4 members (excludes halogenated alkanes) is 7. The van der Waals surface area contributed by atoms with Crippen molar-refractivity contribution in [3.05, 3.63) is 0 Å². The summed E-state index contributed by atoms with van der Waals surface area (Å²) in [7, 11) is 2.02. The first kappa shape index (κ1) is 13.3. The molecule has 0 amide bonds. The predicted molar refractivity (Wildman–Crippen MR) is 64.2 cm³/mol. The Bertz CT molecular complexity index is 94.1. The van der Waals surface area contributed by atoms with Crippen LogP contribution in [0.3, 0.4) is 0 Å². The van der Waals surface area contributed by atoms with Gasteiger partial charge >= 0.3 is 0 Å². The fraction of sp³-hybridized carbons (Fsp3) is 1.00. The van der Waals surface area contributed by atoms with E-state index in [2.05, 4.69) is 19.7 Å². The molecule has 0 bridgehead atoms. The van der Waals surface area contributed by atoms with E-state index >= 15 is 0 Å². The molecule has 13 heavy (non-hydrogen) atoms. The summed E-state index contributed by atoms with van der Waals surface area (Å²) in [6, 6.07) is 0. The first-order chi connectivity index (χ1) is 6.27. The van der Waals surface area contributed by atoms with Gasteiger partial charge in [0.1, 0.15) is 0 Å². The van der Waals surface area contributed by atoms with Crippen LogP contribution in [0.1, 0.15) is 58.3 Å². The third kappa shape index (κ3) is 12.3. The van der Waals surface area contributed by atoms with Crippen LogP contribution in [0.4, 0.5) is 0 Å². The van der Waals surface area contributed by atoms with E-state index in [1.807, 2.05) is 11.4 Å². The largest absolute Gasteiger partial charge is 0.256 e. The van der Waals surface area contributed by atoms with E-state index < -0.39 is 0 Å². The number of hydrogen-bond acceptors (Lipinski definition) is 2. The van der Waals surface area contributed by atoms with E-state index in [9.17, 15) is 0 Å². The molecule has 0 fully saturated rings. The Morgan fingerprint density at radius 3 is 1.77 bits per heavy atom. The maximum atomic E-state index is 4.20. The smallest absolute Gasteiger partial charge is 0.00838 e. The Balaban J connectivity index is 2.84. The molecule has 80 valence electrons. The molecule has 0 heterocycles. The maximum absolute atomic E-state index is 4.20. The van der Waals surface area contributed by atoms with E-state index in [4.69, 9.17) is 0 Å². The van der Waals surface area contributed by atoms with Crippen LogP contribution in [0, 0.1) is 0 Å². The topological polar surface area (TPSA) is 3.24 Å². The van der Waals surface area contributed by atoms with Crippen LogP contribution in [0.25, 0.3) is 0 Å². The maximum Gasteiger partial charge on any atom is 0.00838 e. The zero-order chi connectivity index (χ0) is 9.94. The van der Waals surface area contributed by atoms with Gasteiger partial charge in [0.25, 0.3) is 0 Å². The van der Waals surface area contributed by atoms with Crippen LogP contribution >= 0.6 is 12.8 Å². The second-order valence-electron chi connectivity index (χ2n) is 3.86. The molecule has 0 atom stereocenters. The van der Waals surface area contributed by atoms with Gasteiger partial charge < -0.3 is 0 Å². The summed E-state index contributed by atoms with van der Waals surface area (Å²) < 4.78 is 1.97. The molecule has 0 radical (unpaired) electrons. The van der Waals surface area contributed by atoms with Crippen molar-refractivity contribution in [2.24, 2.45) is 0 Å². The summed E-state index contributed by atoms with van der Waals surface area (Å²) >= 11 is 4.20. The number of hydrogen-bond donors (Lipinski definition) is 1. The third-order valence-electron chi connectivity index (χ3n) is 2.34. The van der Waals surface area contributed by atoms with Crippen LogP contribution in [0.5, 0.6) is 0 Å². The zero-order valence-electron chi connectivity index (χ0n) is 9.26. The number of nitrogens with zero attached hydrogens (tertiary/aromatic N) is 1. The average Bonchev–Trinajstić information content (AvgIpc) is 2.09. The van der Waals surface area contributed by atoms with Gasteiger partial charge in [-0.1, -0.05) is 64.7 Å². The van der Waals surface area contributed by atoms with Gasteiger partial charge in [-0.3, -0.25) is 4.31 Å². The van der Waals surface area contributed by atoms with E-state index in [0.29, 0.717) is 0 Å². The van der Waals surface area contributed by atoms with Crippen LogP contribution in [-0.4, -0.2) is 17.9 Å². The second kappa shape index (κ2) is 10.4. The Labute approximate surface area is 89.4 Å². The molecular formula is C11H25NS. The fourth-order valence-corrected chi connectivity index (χ4v) is 1.62. The van der Waals surface area contributed by atoms with E-state index in [1.54, 1.807) is 0 Å². The molecule has 0 aliphatic heterocycles. The second-order valence-corrected chi connectivity index (χ2v) is 4.54. The lowest BCUT2D eigenvalue weighted by atomic mass is 10.1. The van der Waals surface area contributed by atoms with Crippen molar-refractivity contribution in [2.75, 3.05) is 13.6 Å². The summed E-state index contributed by atoms with van der Waals surface area (Å²) in [5.41, 5.74) is 0. The molecule has 0 spiro atoms. The Morgan fingerprint density at radius 2 is 1.31 bits per heavy atom. The molecule has 0 aromatic rings. The van der Waals surface area contributed by atoms with Crippen molar-refractivity contribution in [3.63, 3.8) is 0 Å². The molecule has 0 aliphatic carbocycles. The Kier molecular flexibility index (Phi) is 10.6. The average molecular weight is 203 g/mol. The first-order valence-corrected chi connectivity index (χ1v) is 6.07. The van der Waals surface area contributed by atoms with Gasteiger partial charge in [-0.25, -0.2) is 0 Å². The summed E-state index contributed by atoms with van der Waals surface area (Å²) in [5.74, 6) is 0. The first-order valence-electron chi connectivity index (χ1n) is 5.67. The van der Waals surface area contributed by atoms with Gasteiger partial charge in [-0.2, -0.15) is 0 Å².